The molecule has 1 amide bonds. The number of amides is 1. The fraction of sp³-hybridized carbons (Fsp3) is 0.269. The largest absolute Gasteiger partial charge is 0.463 e. The van der Waals surface area contributed by atoms with Crippen molar-refractivity contribution in [1.82, 2.24) is 5.32 Å². The van der Waals surface area contributed by atoms with E-state index in [1.54, 1.807) is 24.3 Å². The molecule has 1 fully saturated rings. The van der Waals surface area contributed by atoms with Crippen molar-refractivity contribution in [2.45, 2.75) is 37.6 Å². The second kappa shape index (κ2) is 9.85. The van der Waals surface area contributed by atoms with Crippen LogP contribution in [0.15, 0.2) is 78.9 Å². The smallest absolute Gasteiger partial charge is 0.416 e. The average molecular weight is 472 g/mol. The van der Waals surface area contributed by atoms with Gasteiger partial charge in [-0.15, -0.1) is 0 Å². The van der Waals surface area contributed by atoms with Gasteiger partial charge in [0.15, 0.2) is 0 Å². The number of nitrogens with one attached hydrogen (secondary N) is 1. The summed E-state index contributed by atoms with van der Waals surface area (Å²) in [4.78, 5) is 15.0. The Hall–Kier alpha value is -3.39. The van der Waals surface area contributed by atoms with E-state index in [0.717, 1.165) is 17.7 Å². The topological polar surface area (TPSA) is 41.6 Å². The highest BCUT2D eigenvalue weighted by Crippen LogP contribution is 2.40. The van der Waals surface area contributed by atoms with Gasteiger partial charge in [-0.3, -0.25) is 10.1 Å². The molecule has 4 rings (SSSR count). The van der Waals surface area contributed by atoms with Gasteiger partial charge < -0.3 is 9.64 Å². The van der Waals surface area contributed by atoms with Crippen molar-refractivity contribution in [2.75, 3.05) is 11.8 Å². The number of anilines is 1. The van der Waals surface area contributed by atoms with Gasteiger partial charge >= 0.3 is 6.18 Å². The summed E-state index contributed by atoms with van der Waals surface area (Å²) < 4.78 is 56.9. The molecule has 1 aliphatic heterocycles. The Morgan fingerprint density at radius 2 is 1.74 bits per heavy atom. The number of hydrogen-bond acceptors (Lipinski definition) is 3. The van der Waals surface area contributed by atoms with Gasteiger partial charge in [-0.05, 0) is 60.9 Å². The second-order valence-electron chi connectivity index (χ2n) is 8.18. The molecular formula is C26H24F4N2O2. The number of rotatable bonds is 7. The van der Waals surface area contributed by atoms with Crippen molar-refractivity contribution in [1.29, 1.82) is 0 Å². The molecule has 1 N–H and O–H groups in total. The summed E-state index contributed by atoms with van der Waals surface area (Å²) in [5, 5.41) is 3.36. The average Bonchev–Trinajstić information content (AvgIpc) is 3.15. The van der Waals surface area contributed by atoms with Crippen LogP contribution in [-0.2, 0) is 11.0 Å². The molecule has 4 nitrogen and oxygen atoms in total. The molecule has 0 saturated carbocycles. The van der Waals surface area contributed by atoms with Crippen LogP contribution in [0.2, 0.25) is 0 Å². The van der Waals surface area contributed by atoms with Crippen molar-refractivity contribution in [2.24, 2.45) is 0 Å². The van der Waals surface area contributed by atoms with E-state index in [4.69, 9.17) is 4.74 Å². The summed E-state index contributed by atoms with van der Waals surface area (Å²) in [6.45, 7) is 0.961. The molecule has 34 heavy (non-hydrogen) atoms. The lowest BCUT2D eigenvalue weighted by molar-refractivity contribution is -0.137. The van der Waals surface area contributed by atoms with Crippen LogP contribution in [0.4, 0.5) is 23.2 Å². The molecule has 3 aromatic carbocycles. The number of halogens is 4. The molecule has 0 bridgehead atoms. The van der Waals surface area contributed by atoms with Crippen LogP contribution in [0.25, 0.3) is 0 Å². The van der Waals surface area contributed by atoms with Gasteiger partial charge in [0.25, 0.3) is 0 Å². The highest BCUT2D eigenvalue weighted by molar-refractivity contribution is 6.00. The molecule has 3 aromatic rings. The Labute approximate surface area is 195 Å². The molecule has 1 saturated heterocycles. The highest BCUT2D eigenvalue weighted by Gasteiger charge is 2.42. The molecule has 0 unspecified atom stereocenters. The van der Waals surface area contributed by atoms with Gasteiger partial charge in [-0.1, -0.05) is 42.5 Å². The molecule has 1 aliphatic rings. The molecule has 0 spiro atoms. The molecule has 178 valence electrons. The van der Waals surface area contributed by atoms with Crippen LogP contribution in [0.1, 0.15) is 42.1 Å². The minimum Gasteiger partial charge on any atom is -0.463 e. The number of benzene rings is 3. The Morgan fingerprint density at radius 3 is 2.38 bits per heavy atom. The van der Waals surface area contributed by atoms with Crippen molar-refractivity contribution in [3.63, 3.8) is 0 Å². The van der Waals surface area contributed by atoms with Gasteiger partial charge in [-0.2, -0.15) is 13.2 Å². The molecular weight excluding hydrogens is 448 g/mol. The van der Waals surface area contributed by atoms with Crippen LogP contribution in [0, 0.1) is 0 Å². The molecule has 0 radical (unpaired) electrons. The van der Waals surface area contributed by atoms with Crippen LogP contribution in [0.5, 0.6) is 5.75 Å². The number of nitrogens with zero attached hydrogens (tertiary/aromatic N) is 1. The zero-order chi connectivity index (χ0) is 24.3. The number of hydrogen-bond donors (Lipinski definition) is 1. The summed E-state index contributed by atoms with van der Waals surface area (Å²) in [5.74, 6) is 0.0678. The molecule has 0 aliphatic carbocycles. The number of alkyl halides is 4. The first kappa shape index (κ1) is 23.8. The summed E-state index contributed by atoms with van der Waals surface area (Å²) >= 11 is 0. The summed E-state index contributed by atoms with van der Waals surface area (Å²) in [5.41, 5.74) is 1.29. The summed E-state index contributed by atoms with van der Waals surface area (Å²) in [6.07, 6.45) is -4.09. The van der Waals surface area contributed by atoms with Crippen molar-refractivity contribution < 1.29 is 27.1 Å². The lowest BCUT2D eigenvalue weighted by Crippen LogP contribution is -2.39. The van der Waals surface area contributed by atoms with Gasteiger partial charge in [0, 0.05) is 11.7 Å². The highest BCUT2D eigenvalue weighted by atomic mass is 19.4. The Morgan fingerprint density at radius 1 is 1.03 bits per heavy atom. The first-order chi connectivity index (χ1) is 16.3. The fourth-order valence-corrected chi connectivity index (χ4v) is 4.31. The first-order valence-corrected chi connectivity index (χ1v) is 10.9. The van der Waals surface area contributed by atoms with E-state index in [2.05, 4.69) is 5.32 Å². The van der Waals surface area contributed by atoms with Crippen LogP contribution in [-0.4, -0.2) is 18.8 Å². The predicted octanol–water partition coefficient (Wildman–Crippen LogP) is 6.21. The fourth-order valence-electron chi connectivity index (χ4n) is 4.31. The Bertz CT molecular complexity index is 1120. The zero-order valence-corrected chi connectivity index (χ0v) is 18.4. The van der Waals surface area contributed by atoms with E-state index in [0.29, 0.717) is 23.4 Å². The number of carbonyl (C=O) groups is 1. The van der Waals surface area contributed by atoms with Crippen molar-refractivity contribution in [3.8, 4) is 5.75 Å². The predicted molar refractivity (Wildman–Crippen MR) is 121 cm³/mol. The van der Waals surface area contributed by atoms with Crippen molar-refractivity contribution >= 4 is 11.6 Å². The van der Waals surface area contributed by atoms with E-state index in [9.17, 15) is 22.4 Å². The lowest BCUT2D eigenvalue weighted by atomic mass is 10.0. The van der Waals surface area contributed by atoms with E-state index < -0.39 is 30.7 Å². The van der Waals surface area contributed by atoms with E-state index >= 15 is 0 Å². The monoisotopic (exact) mass is 472 g/mol. The maximum absolute atomic E-state index is 13.5. The molecule has 0 aromatic heterocycles. The molecule has 1 heterocycles. The third kappa shape index (κ3) is 5.07. The number of ether oxygens (including phenoxy) is 1. The maximum atomic E-state index is 13.5. The normalized spacial score (nSPS) is 19.3. The number of carbonyl (C=O) groups excluding carboxylic acids is 1. The summed E-state index contributed by atoms with van der Waals surface area (Å²) in [6, 6.07) is 19.8. The standard InChI is InChI=1S/C26H24F4N2O2/c1-17(18-6-3-2-4-7-18)31-23-15-24(19-8-5-9-22(14-19)34-16-27)32(25(23)33)21-12-10-20(11-13-21)26(28,29)30/h2-14,17,23-24,31H,15-16H2,1H3/t17-,23-,24-/m1/s1. The Kier molecular flexibility index (Phi) is 6.88. The first-order valence-electron chi connectivity index (χ1n) is 10.9. The van der Waals surface area contributed by atoms with Crippen LogP contribution < -0.4 is 15.0 Å². The van der Waals surface area contributed by atoms with Crippen LogP contribution >= 0.6 is 0 Å². The third-order valence-electron chi connectivity index (χ3n) is 5.99. The van der Waals surface area contributed by atoms with E-state index in [-0.39, 0.29) is 11.9 Å². The van der Waals surface area contributed by atoms with Gasteiger partial charge in [0.1, 0.15) is 5.75 Å². The maximum Gasteiger partial charge on any atom is 0.416 e. The Balaban J connectivity index is 1.66. The van der Waals surface area contributed by atoms with Crippen LogP contribution in [0.3, 0.4) is 0 Å². The second-order valence-corrected chi connectivity index (χ2v) is 8.18. The quantitative estimate of drug-likeness (QED) is 0.416. The lowest BCUT2D eigenvalue weighted by Gasteiger charge is -2.26. The van der Waals surface area contributed by atoms with E-state index in [1.807, 2.05) is 37.3 Å². The third-order valence-corrected chi connectivity index (χ3v) is 5.99. The SMILES string of the molecule is C[C@@H](N[C@@H]1C[C@H](c2cccc(OCF)c2)N(c2ccc(C(F)(F)F)cc2)C1=O)c1ccccc1. The van der Waals surface area contributed by atoms with Crippen molar-refractivity contribution in [3.05, 3.63) is 95.6 Å². The van der Waals surface area contributed by atoms with Gasteiger partial charge in [0.2, 0.25) is 12.8 Å². The van der Waals surface area contributed by atoms with Gasteiger partial charge in [0.05, 0.1) is 17.6 Å². The molecule has 3 atom stereocenters. The minimum absolute atomic E-state index is 0.121. The minimum atomic E-state index is -4.47. The summed E-state index contributed by atoms with van der Waals surface area (Å²) in [7, 11) is 0. The van der Waals surface area contributed by atoms with E-state index in [1.165, 1.54) is 17.0 Å². The van der Waals surface area contributed by atoms with Gasteiger partial charge in [-0.25, -0.2) is 4.39 Å². The molecule has 8 heteroatoms. The zero-order valence-electron chi connectivity index (χ0n) is 18.4.